The lowest BCUT2D eigenvalue weighted by Gasteiger charge is -2.11. The van der Waals surface area contributed by atoms with Crippen LogP contribution in [0.15, 0.2) is 54.7 Å². The summed E-state index contributed by atoms with van der Waals surface area (Å²) < 4.78 is 5.30. The lowest BCUT2D eigenvalue weighted by Crippen LogP contribution is -2.01. The molecule has 25 heavy (non-hydrogen) atoms. The Morgan fingerprint density at radius 2 is 2.00 bits per heavy atom. The van der Waals surface area contributed by atoms with Crippen LogP contribution < -0.4 is 15.4 Å². The summed E-state index contributed by atoms with van der Waals surface area (Å²) in [6.07, 6.45) is 1.63. The van der Waals surface area contributed by atoms with E-state index < -0.39 is 0 Å². The third kappa shape index (κ3) is 4.16. The molecule has 0 unspecified atom stereocenters. The van der Waals surface area contributed by atoms with Crippen LogP contribution in [0.1, 0.15) is 5.56 Å². The molecule has 0 saturated heterocycles. The summed E-state index contributed by atoms with van der Waals surface area (Å²) in [5.74, 6) is 1.61. The van der Waals surface area contributed by atoms with Crippen molar-refractivity contribution in [2.24, 2.45) is 0 Å². The van der Waals surface area contributed by atoms with E-state index in [1.165, 1.54) is 0 Å². The maximum atomic E-state index is 8.97. The maximum absolute atomic E-state index is 8.97. The second-order valence-electron chi connectivity index (χ2n) is 5.05. The Morgan fingerprint density at radius 3 is 2.80 bits per heavy atom. The number of ether oxygens (including phenoxy) is 1. The number of hydrogen-bond acceptors (Lipinski definition) is 6. The van der Waals surface area contributed by atoms with Crippen molar-refractivity contribution in [2.45, 2.75) is 0 Å². The average Bonchev–Trinajstić information content (AvgIpc) is 2.62. The average molecular weight is 352 g/mol. The van der Waals surface area contributed by atoms with E-state index in [1.807, 2.05) is 6.07 Å². The Morgan fingerprint density at radius 1 is 1.12 bits per heavy atom. The van der Waals surface area contributed by atoms with Crippen LogP contribution >= 0.6 is 11.6 Å². The number of anilines is 4. The normalized spacial score (nSPS) is 9.96. The van der Waals surface area contributed by atoms with Crippen LogP contribution in [0.2, 0.25) is 5.02 Å². The fraction of sp³-hybridized carbons (Fsp3) is 0.0556. The first-order chi connectivity index (χ1) is 12.2. The van der Waals surface area contributed by atoms with Crippen LogP contribution in [0.5, 0.6) is 5.75 Å². The molecule has 0 bridgehead atoms. The highest BCUT2D eigenvalue weighted by atomic mass is 35.5. The third-order valence-electron chi connectivity index (χ3n) is 3.33. The number of benzene rings is 2. The molecule has 0 amide bonds. The quantitative estimate of drug-likeness (QED) is 0.704. The van der Waals surface area contributed by atoms with E-state index in [1.54, 1.807) is 55.8 Å². The molecule has 0 spiro atoms. The molecule has 0 fully saturated rings. The summed E-state index contributed by atoms with van der Waals surface area (Å²) in [5.41, 5.74) is 2.00. The van der Waals surface area contributed by atoms with Crippen LogP contribution in [-0.4, -0.2) is 17.1 Å². The van der Waals surface area contributed by atoms with Crippen molar-refractivity contribution in [2.75, 3.05) is 17.7 Å². The smallest absolute Gasteiger partial charge is 0.229 e. The van der Waals surface area contributed by atoms with Gasteiger partial charge in [-0.3, -0.25) is 0 Å². The minimum atomic E-state index is 0.391. The van der Waals surface area contributed by atoms with Crippen molar-refractivity contribution in [1.82, 2.24) is 9.97 Å². The number of nitrogens with zero attached hydrogens (tertiary/aromatic N) is 3. The molecule has 0 aliphatic carbocycles. The molecule has 7 heteroatoms. The zero-order valence-electron chi connectivity index (χ0n) is 13.3. The first kappa shape index (κ1) is 16.6. The Bertz CT molecular complexity index is 939. The van der Waals surface area contributed by atoms with E-state index in [9.17, 15) is 0 Å². The summed E-state index contributed by atoms with van der Waals surface area (Å²) in [6, 6.07) is 16.2. The zero-order chi connectivity index (χ0) is 17.6. The molecule has 0 atom stereocenters. The van der Waals surface area contributed by atoms with Crippen molar-refractivity contribution >= 4 is 34.7 Å². The van der Waals surface area contributed by atoms with Gasteiger partial charge in [0.05, 0.1) is 24.4 Å². The number of halogens is 1. The second kappa shape index (κ2) is 7.51. The van der Waals surface area contributed by atoms with Crippen LogP contribution in [0.3, 0.4) is 0 Å². The van der Waals surface area contributed by atoms with Gasteiger partial charge in [0.1, 0.15) is 11.6 Å². The zero-order valence-corrected chi connectivity index (χ0v) is 14.1. The molecule has 6 nitrogen and oxygen atoms in total. The molecular weight excluding hydrogens is 338 g/mol. The van der Waals surface area contributed by atoms with Gasteiger partial charge in [-0.05, 0) is 42.5 Å². The molecule has 1 aromatic heterocycles. The Hall–Kier alpha value is -3.30. The topological polar surface area (TPSA) is 82.9 Å². The first-order valence-electron chi connectivity index (χ1n) is 7.39. The van der Waals surface area contributed by atoms with Gasteiger partial charge < -0.3 is 15.4 Å². The number of methoxy groups -OCH3 is 1. The maximum Gasteiger partial charge on any atom is 0.229 e. The molecule has 3 rings (SSSR count). The summed E-state index contributed by atoms with van der Waals surface area (Å²) in [5, 5.41) is 15.8. The summed E-state index contributed by atoms with van der Waals surface area (Å²) in [6.45, 7) is 0. The van der Waals surface area contributed by atoms with Gasteiger partial charge in [-0.2, -0.15) is 10.2 Å². The number of nitrogens with one attached hydrogen (secondary N) is 2. The van der Waals surface area contributed by atoms with Crippen LogP contribution in [0.25, 0.3) is 0 Å². The van der Waals surface area contributed by atoms with E-state index >= 15 is 0 Å². The SMILES string of the molecule is COc1ccc(Cl)cc1Nc1nccc(Nc2cccc(C#N)c2)n1. The fourth-order valence-corrected chi connectivity index (χ4v) is 2.37. The molecule has 1 heterocycles. The van der Waals surface area contributed by atoms with Crippen molar-refractivity contribution in [3.8, 4) is 11.8 Å². The standard InChI is InChI=1S/C18H14ClN5O/c1-25-16-6-5-13(19)10-15(16)23-18-21-8-7-17(24-18)22-14-4-2-3-12(9-14)11-20/h2-10H,1H3,(H2,21,22,23,24). The number of rotatable bonds is 5. The highest BCUT2D eigenvalue weighted by Crippen LogP contribution is 2.29. The van der Waals surface area contributed by atoms with Crippen LogP contribution in [-0.2, 0) is 0 Å². The van der Waals surface area contributed by atoms with E-state index in [0.717, 1.165) is 5.69 Å². The van der Waals surface area contributed by atoms with Gasteiger partial charge >= 0.3 is 0 Å². The van der Waals surface area contributed by atoms with Gasteiger partial charge in [-0.15, -0.1) is 0 Å². The van der Waals surface area contributed by atoms with Gasteiger partial charge in [-0.25, -0.2) is 4.98 Å². The van der Waals surface area contributed by atoms with Gasteiger partial charge in [0.25, 0.3) is 0 Å². The second-order valence-corrected chi connectivity index (χ2v) is 5.49. The minimum Gasteiger partial charge on any atom is -0.495 e. The summed E-state index contributed by atoms with van der Waals surface area (Å²) in [7, 11) is 1.58. The molecule has 0 aliphatic heterocycles. The van der Waals surface area contributed by atoms with Gasteiger partial charge in [0, 0.05) is 16.9 Å². The molecular formula is C18H14ClN5O. The Labute approximate surface area is 150 Å². The predicted molar refractivity (Wildman–Crippen MR) is 97.8 cm³/mol. The lowest BCUT2D eigenvalue weighted by atomic mass is 10.2. The highest BCUT2D eigenvalue weighted by molar-refractivity contribution is 6.31. The Balaban J connectivity index is 1.82. The number of hydrogen-bond donors (Lipinski definition) is 2. The van der Waals surface area contributed by atoms with Gasteiger partial charge in [0.2, 0.25) is 5.95 Å². The molecule has 0 aliphatic rings. The lowest BCUT2D eigenvalue weighted by molar-refractivity contribution is 0.417. The monoisotopic (exact) mass is 351 g/mol. The van der Waals surface area contributed by atoms with Crippen molar-refractivity contribution in [3.63, 3.8) is 0 Å². The van der Waals surface area contributed by atoms with E-state index in [-0.39, 0.29) is 0 Å². The van der Waals surface area contributed by atoms with E-state index in [0.29, 0.717) is 33.8 Å². The molecule has 2 aromatic carbocycles. The van der Waals surface area contributed by atoms with Crippen molar-refractivity contribution in [3.05, 3.63) is 65.3 Å². The van der Waals surface area contributed by atoms with Crippen molar-refractivity contribution in [1.29, 1.82) is 5.26 Å². The summed E-state index contributed by atoms with van der Waals surface area (Å²) >= 11 is 6.03. The number of nitriles is 1. The molecule has 3 aromatic rings. The molecule has 124 valence electrons. The molecule has 0 radical (unpaired) electrons. The molecule has 0 saturated carbocycles. The van der Waals surface area contributed by atoms with Gasteiger partial charge in [-0.1, -0.05) is 17.7 Å². The largest absolute Gasteiger partial charge is 0.495 e. The van der Waals surface area contributed by atoms with E-state index in [4.69, 9.17) is 21.6 Å². The number of aromatic nitrogens is 2. The fourth-order valence-electron chi connectivity index (χ4n) is 2.20. The minimum absolute atomic E-state index is 0.391. The summed E-state index contributed by atoms with van der Waals surface area (Å²) in [4.78, 5) is 8.61. The van der Waals surface area contributed by atoms with Gasteiger partial charge in [0.15, 0.2) is 0 Å². The van der Waals surface area contributed by atoms with Crippen molar-refractivity contribution < 1.29 is 4.74 Å². The molecule has 2 N–H and O–H groups in total. The predicted octanol–water partition coefficient (Wildman–Crippen LogP) is 4.50. The van der Waals surface area contributed by atoms with Crippen LogP contribution in [0.4, 0.5) is 23.1 Å². The third-order valence-corrected chi connectivity index (χ3v) is 3.56. The Kier molecular flexibility index (Phi) is 4.97. The van der Waals surface area contributed by atoms with Crippen LogP contribution in [0, 0.1) is 11.3 Å². The highest BCUT2D eigenvalue weighted by Gasteiger charge is 2.07. The van der Waals surface area contributed by atoms with E-state index in [2.05, 4.69) is 26.7 Å². The first-order valence-corrected chi connectivity index (χ1v) is 7.76.